The van der Waals surface area contributed by atoms with Crippen LogP contribution in [-0.4, -0.2) is 38.1 Å². The monoisotopic (exact) mass is 280 g/mol. The summed E-state index contributed by atoms with van der Waals surface area (Å²) in [5.74, 6) is -1.24. The van der Waals surface area contributed by atoms with Gasteiger partial charge in [-0.15, -0.1) is 11.3 Å². The van der Waals surface area contributed by atoms with Crippen molar-refractivity contribution >= 4 is 23.2 Å². The van der Waals surface area contributed by atoms with Gasteiger partial charge in [0, 0.05) is 19.3 Å². The van der Waals surface area contributed by atoms with Gasteiger partial charge in [-0.2, -0.15) is 0 Å². The number of carboxylic acid groups (broad SMARTS) is 1. The van der Waals surface area contributed by atoms with Crippen molar-refractivity contribution < 1.29 is 14.7 Å². The first-order valence-electron chi connectivity index (χ1n) is 5.52. The summed E-state index contributed by atoms with van der Waals surface area (Å²) < 4.78 is 1.61. The quantitative estimate of drug-likeness (QED) is 0.843. The lowest BCUT2D eigenvalue weighted by Crippen LogP contribution is -2.26. The van der Waals surface area contributed by atoms with Crippen molar-refractivity contribution in [2.45, 2.75) is 13.5 Å². The summed E-state index contributed by atoms with van der Waals surface area (Å²) in [6.45, 7) is 2.69. The smallest absolute Gasteiger partial charge is 0.356 e. The molecule has 0 aliphatic rings. The summed E-state index contributed by atoms with van der Waals surface area (Å²) >= 11 is 1.33. The average molecular weight is 280 g/mol. The van der Waals surface area contributed by atoms with Crippen molar-refractivity contribution in [3.05, 3.63) is 34.3 Å². The second-order valence-corrected chi connectivity index (χ2v) is 5.04. The Hall–Kier alpha value is -2.22. The van der Waals surface area contributed by atoms with E-state index in [1.807, 2.05) is 6.92 Å². The van der Waals surface area contributed by atoms with Crippen molar-refractivity contribution in [3.8, 4) is 0 Å². The van der Waals surface area contributed by atoms with E-state index in [9.17, 15) is 9.59 Å². The van der Waals surface area contributed by atoms with Crippen molar-refractivity contribution in [2.24, 2.45) is 0 Å². The Labute approximate surface area is 112 Å². The highest BCUT2D eigenvalue weighted by molar-refractivity contribution is 7.13. The third-order valence-corrected chi connectivity index (χ3v) is 3.26. The minimum Gasteiger partial charge on any atom is -0.476 e. The van der Waals surface area contributed by atoms with Crippen LogP contribution >= 0.6 is 11.3 Å². The molecule has 2 aromatic heterocycles. The zero-order valence-electron chi connectivity index (χ0n) is 10.2. The Kier molecular flexibility index (Phi) is 3.91. The number of hydrogen-bond acceptors (Lipinski definition) is 5. The van der Waals surface area contributed by atoms with Gasteiger partial charge in [-0.25, -0.2) is 14.8 Å². The van der Waals surface area contributed by atoms with Gasteiger partial charge in [-0.05, 0) is 6.92 Å². The van der Waals surface area contributed by atoms with Crippen LogP contribution in [0.1, 0.15) is 25.2 Å². The zero-order valence-corrected chi connectivity index (χ0v) is 11.0. The molecule has 0 spiro atoms. The number of amides is 1. The molecule has 2 rings (SSSR count). The lowest BCUT2D eigenvalue weighted by atomic mass is 10.4. The number of carbonyl (C=O) groups is 2. The van der Waals surface area contributed by atoms with E-state index in [0.717, 1.165) is 5.01 Å². The first kappa shape index (κ1) is 13.2. The van der Waals surface area contributed by atoms with Gasteiger partial charge in [0.05, 0.1) is 17.5 Å². The molecule has 2 heterocycles. The average Bonchev–Trinajstić information content (AvgIpc) is 2.98. The Balaban J connectivity index is 1.83. The molecule has 2 aromatic rings. The normalized spacial score (nSPS) is 10.4. The molecule has 2 N–H and O–H groups in total. The fourth-order valence-corrected chi connectivity index (χ4v) is 2.14. The maximum Gasteiger partial charge on any atom is 0.356 e. The van der Waals surface area contributed by atoms with Gasteiger partial charge in [0.1, 0.15) is 4.88 Å². The number of aromatic carboxylic acids is 1. The van der Waals surface area contributed by atoms with Crippen LogP contribution in [0.25, 0.3) is 0 Å². The number of aryl methyl sites for hydroxylation is 1. The molecule has 19 heavy (non-hydrogen) atoms. The molecule has 7 nitrogen and oxygen atoms in total. The number of rotatable bonds is 5. The first-order chi connectivity index (χ1) is 9.06. The van der Waals surface area contributed by atoms with E-state index in [2.05, 4.69) is 15.3 Å². The van der Waals surface area contributed by atoms with Crippen LogP contribution in [0.2, 0.25) is 0 Å². The SMILES string of the molecule is Cc1ncc(C(=O)NCCn2cnc(C(=O)O)c2)s1. The molecular formula is C11H12N4O3S. The number of nitrogens with one attached hydrogen (secondary N) is 1. The molecule has 0 aromatic carbocycles. The summed E-state index contributed by atoms with van der Waals surface area (Å²) in [6, 6.07) is 0. The van der Waals surface area contributed by atoms with E-state index in [0.29, 0.717) is 18.0 Å². The predicted octanol–water partition coefficient (Wildman–Crippen LogP) is 0.776. The molecule has 0 aliphatic heterocycles. The highest BCUT2D eigenvalue weighted by Crippen LogP contribution is 2.10. The molecule has 0 aliphatic carbocycles. The molecule has 0 saturated heterocycles. The molecule has 0 atom stereocenters. The molecule has 0 unspecified atom stereocenters. The lowest BCUT2D eigenvalue weighted by molar-refractivity contribution is 0.0690. The van der Waals surface area contributed by atoms with Gasteiger partial charge >= 0.3 is 5.97 Å². The number of aromatic nitrogens is 3. The minimum atomic E-state index is -1.07. The van der Waals surface area contributed by atoms with Crippen LogP contribution in [0.4, 0.5) is 0 Å². The standard InChI is InChI=1S/C11H12N4O3S/c1-7-13-4-9(19-7)10(16)12-2-3-15-5-8(11(17)18)14-6-15/h4-6H,2-3H2,1H3,(H,12,16)(H,17,18). The van der Waals surface area contributed by atoms with E-state index in [1.165, 1.54) is 30.1 Å². The summed E-state index contributed by atoms with van der Waals surface area (Å²) in [6.07, 6.45) is 4.38. The van der Waals surface area contributed by atoms with Crippen LogP contribution in [0, 0.1) is 6.92 Å². The molecule has 0 fully saturated rings. The molecule has 0 saturated carbocycles. The van der Waals surface area contributed by atoms with Gasteiger partial charge in [0.25, 0.3) is 5.91 Å². The van der Waals surface area contributed by atoms with Crippen molar-refractivity contribution in [1.29, 1.82) is 0 Å². The van der Waals surface area contributed by atoms with E-state index < -0.39 is 5.97 Å². The van der Waals surface area contributed by atoms with Crippen molar-refractivity contribution in [3.63, 3.8) is 0 Å². The maximum atomic E-state index is 11.7. The van der Waals surface area contributed by atoms with Crippen LogP contribution in [0.5, 0.6) is 0 Å². The van der Waals surface area contributed by atoms with Gasteiger partial charge in [0.2, 0.25) is 0 Å². The van der Waals surface area contributed by atoms with Crippen LogP contribution < -0.4 is 5.32 Å². The number of nitrogens with zero attached hydrogens (tertiary/aromatic N) is 3. The Morgan fingerprint density at radius 3 is 2.84 bits per heavy atom. The summed E-state index contributed by atoms with van der Waals surface area (Å²) in [4.78, 5) is 30.6. The van der Waals surface area contributed by atoms with Crippen molar-refractivity contribution in [2.75, 3.05) is 6.54 Å². The van der Waals surface area contributed by atoms with Gasteiger partial charge < -0.3 is 15.0 Å². The van der Waals surface area contributed by atoms with E-state index in [4.69, 9.17) is 5.11 Å². The molecule has 1 amide bonds. The van der Waals surface area contributed by atoms with E-state index in [-0.39, 0.29) is 11.6 Å². The van der Waals surface area contributed by atoms with Gasteiger partial charge in [-0.1, -0.05) is 0 Å². The zero-order chi connectivity index (χ0) is 13.8. The number of thiazole rings is 1. The number of imidazole rings is 1. The van der Waals surface area contributed by atoms with Crippen LogP contribution in [0.15, 0.2) is 18.7 Å². The largest absolute Gasteiger partial charge is 0.476 e. The molecular weight excluding hydrogens is 268 g/mol. The third kappa shape index (κ3) is 3.38. The fourth-order valence-electron chi connectivity index (χ4n) is 1.44. The lowest BCUT2D eigenvalue weighted by Gasteiger charge is -2.03. The highest BCUT2D eigenvalue weighted by Gasteiger charge is 2.09. The predicted molar refractivity (Wildman–Crippen MR) is 68.4 cm³/mol. The summed E-state index contributed by atoms with van der Waals surface area (Å²) in [7, 11) is 0. The Bertz CT molecular complexity index is 605. The molecule has 0 radical (unpaired) electrons. The number of carbonyl (C=O) groups excluding carboxylic acids is 1. The van der Waals surface area contributed by atoms with Gasteiger partial charge in [0.15, 0.2) is 5.69 Å². The minimum absolute atomic E-state index is 0.00981. The maximum absolute atomic E-state index is 11.7. The highest BCUT2D eigenvalue weighted by atomic mass is 32.1. The molecule has 100 valence electrons. The first-order valence-corrected chi connectivity index (χ1v) is 6.33. The number of carboxylic acids is 1. The second kappa shape index (κ2) is 5.61. The topological polar surface area (TPSA) is 97.1 Å². The van der Waals surface area contributed by atoms with Gasteiger partial charge in [-0.3, -0.25) is 4.79 Å². The van der Waals surface area contributed by atoms with Crippen LogP contribution in [0.3, 0.4) is 0 Å². The summed E-state index contributed by atoms with van der Waals surface area (Å²) in [5.41, 5.74) is -0.00981. The fraction of sp³-hybridized carbons (Fsp3) is 0.273. The number of hydrogen-bond donors (Lipinski definition) is 2. The summed E-state index contributed by atoms with van der Waals surface area (Å²) in [5, 5.41) is 12.3. The Morgan fingerprint density at radius 2 is 2.26 bits per heavy atom. The Morgan fingerprint density at radius 1 is 1.47 bits per heavy atom. The van der Waals surface area contributed by atoms with Crippen LogP contribution in [-0.2, 0) is 6.54 Å². The van der Waals surface area contributed by atoms with Crippen molar-refractivity contribution in [1.82, 2.24) is 19.9 Å². The van der Waals surface area contributed by atoms with E-state index in [1.54, 1.807) is 4.57 Å². The molecule has 0 bridgehead atoms. The van der Waals surface area contributed by atoms with E-state index >= 15 is 0 Å². The third-order valence-electron chi connectivity index (χ3n) is 2.35. The second-order valence-electron chi connectivity index (χ2n) is 3.80. The molecule has 8 heteroatoms.